The second kappa shape index (κ2) is 7.43. The van der Waals surface area contributed by atoms with E-state index in [1.54, 1.807) is 0 Å². The first kappa shape index (κ1) is 17.7. The lowest BCUT2D eigenvalue weighted by Crippen LogP contribution is -2.55. The maximum absolute atomic E-state index is 12.7. The zero-order valence-electron chi connectivity index (χ0n) is 15.0. The van der Waals surface area contributed by atoms with Crippen LogP contribution in [0.2, 0.25) is 0 Å². The van der Waals surface area contributed by atoms with Gasteiger partial charge in [-0.1, -0.05) is 0 Å². The van der Waals surface area contributed by atoms with E-state index in [1.807, 2.05) is 16.7 Å². The Hall–Kier alpha value is -2.09. The Morgan fingerprint density at radius 1 is 1.04 bits per heavy atom. The summed E-state index contributed by atoms with van der Waals surface area (Å²) in [6.45, 7) is 6.56. The Kier molecular flexibility index (Phi) is 5.27. The average Bonchev–Trinajstić information content (AvgIpc) is 2.65. The highest BCUT2D eigenvalue weighted by atomic mass is 16.2. The number of rotatable bonds is 3. The van der Waals surface area contributed by atoms with Crippen LogP contribution in [-0.2, 0) is 11.8 Å². The van der Waals surface area contributed by atoms with Crippen molar-refractivity contribution in [3.05, 3.63) is 26.9 Å². The maximum atomic E-state index is 12.7. The zero-order valence-corrected chi connectivity index (χ0v) is 15.0. The molecule has 0 bridgehead atoms. The molecule has 8 heteroatoms. The van der Waals surface area contributed by atoms with Crippen molar-refractivity contribution in [1.29, 1.82) is 0 Å². The SMILES string of the molecule is CC(C(=O)N1CCCCC1)N1CCN(c2cc(=O)n(C)c(=O)[nH]2)CC1. The van der Waals surface area contributed by atoms with Crippen LogP contribution in [0.1, 0.15) is 26.2 Å². The van der Waals surface area contributed by atoms with Crippen LogP contribution in [-0.4, -0.2) is 70.6 Å². The summed E-state index contributed by atoms with van der Waals surface area (Å²) >= 11 is 0. The molecule has 0 spiro atoms. The van der Waals surface area contributed by atoms with Crippen LogP contribution < -0.4 is 16.1 Å². The number of amides is 1. The Morgan fingerprint density at radius 2 is 1.68 bits per heavy atom. The molecule has 138 valence electrons. The first-order chi connectivity index (χ1) is 12.0. The van der Waals surface area contributed by atoms with Gasteiger partial charge in [-0.3, -0.25) is 24.0 Å². The van der Waals surface area contributed by atoms with E-state index in [-0.39, 0.29) is 17.5 Å². The minimum Gasteiger partial charge on any atom is -0.355 e. The Balaban J connectivity index is 1.60. The molecule has 3 rings (SSSR count). The van der Waals surface area contributed by atoms with E-state index in [9.17, 15) is 14.4 Å². The molecule has 2 aliphatic rings. The number of carbonyl (C=O) groups excluding carboxylic acids is 1. The van der Waals surface area contributed by atoms with Crippen molar-refractivity contribution in [3.8, 4) is 0 Å². The first-order valence-corrected chi connectivity index (χ1v) is 9.05. The number of hydrogen-bond donors (Lipinski definition) is 1. The average molecular weight is 349 g/mol. The Morgan fingerprint density at radius 3 is 2.28 bits per heavy atom. The van der Waals surface area contributed by atoms with E-state index in [2.05, 4.69) is 9.88 Å². The quantitative estimate of drug-likeness (QED) is 0.803. The van der Waals surface area contributed by atoms with Crippen LogP contribution in [0.5, 0.6) is 0 Å². The summed E-state index contributed by atoms with van der Waals surface area (Å²) in [6.07, 6.45) is 3.41. The fourth-order valence-electron chi connectivity index (χ4n) is 3.60. The monoisotopic (exact) mass is 349 g/mol. The lowest BCUT2D eigenvalue weighted by molar-refractivity contribution is -0.137. The van der Waals surface area contributed by atoms with Crippen molar-refractivity contribution < 1.29 is 4.79 Å². The number of hydrogen-bond acceptors (Lipinski definition) is 5. The van der Waals surface area contributed by atoms with Gasteiger partial charge in [0.2, 0.25) is 5.91 Å². The molecule has 0 radical (unpaired) electrons. The maximum Gasteiger partial charge on any atom is 0.329 e. The lowest BCUT2D eigenvalue weighted by Gasteiger charge is -2.40. The van der Waals surface area contributed by atoms with Gasteiger partial charge in [-0.25, -0.2) is 4.79 Å². The molecule has 1 aromatic heterocycles. The topological polar surface area (TPSA) is 81.7 Å². The number of piperidine rings is 1. The van der Waals surface area contributed by atoms with E-state index in [4.69, 9.17) is 0 Å². The molecule has 1 unspecified atom stereocenters. The highest BCUT2D eigenvalue weighted by Crippen LogP contribution is 2.16. The molecule has 2 aliphatic heterocycles. The number of nitrogens with one attached hydrogen (secondary N) is 1. The Labute approximate surface area is 147 Å². The molecule has 2 fully saturated rings. The van der Waals surface area contributed by atoms with Gasteiger partial charge in [-0.15, -0.1) is 0 Å². The minimum atomic E-state index is -0.404. The summed E-state index contributed by atoms with van der Waals surface area (Å²) in [5.74, 6) is 0.776. The molecule has 1 atom stereocenters. The summed E-state index contributed by atoms with van der Waals surface area (Å²) in [6, 6.07) is 1.34. The van der Waals surface area contributed by atoms with Crippen LogP contribution >= 0.6 is 0 Å². The molecule has 1 amide bonds. The molecule has 2 saturated heterocycles. The van der Waals surface area contributed by atoms with Gasteiger partial charge in [0.1, 0.15) is 5.82 Å². The zero-order chi connectivity index (χ0) is 18.0. The van der Waals surface area contributed by atoms with Gasteiger partial charge in [-0.2, -0.15) is 0 Å². The van der Waals surface area contributed by atoms with Crippen molar-refractivity contribution in [2.45, 2.75) is 32.2 Å². The predicted octanol–water partition coefficient (Wildman–Crippen LogP) is -0.403. The van der Waals surface area contributed by atoms with Crippen molar-refractivity contribution >= 4 is 11.7 Å². The summed E-state index contributed by atoms with van der Waals surface area (Å²) in [7, 11) is 1.46. The van der Waals surface area contributed by atoms with E-state index < -0.39 is 5.69 Å². The second-order valence-corrected chi connectivity index (χ2v) is 6.94. The van der Waals surface area contributed by atoms with Crippen LogP contribution in [0, 0.1) is 0 Å². The van der Waals surface area contributed by atoms with E-state index in [0.29, 0.717) is 18.9 Å². The third-order valence-corrected chi connectivity index (χ3v) is 5.36. The molecule has 1 aromatic rings. The van der Waals surface area contributed by atoms with Crippen LogP contribution in [0.4, 0.5) is 5.82 Å². The lowest BCUT2D eigenvalue weighted by atomic mass is 10.1. The largest absolute Gasteiger partial charge is 0.355 e. The number of nitrogens with zero attached hydrogens (tertiary/aromatic N) is 4. The molecule has 1 N–H and O–H groups in total. The van der Waals surface area contributed by atoms with Gasteiger partial charge in [0.05, 0.1) is 6.04 Å². The normalized spacial score (nSPS) is 20.6. The van der Waals surface area contributed by atoms with Crippen molar-refractivity contribution in [3.63, 3.8) is 0 Å². The fourth-order valence-corrected chi connectivity index (χ4v) is 3.60. The fraction of sp³-hybridized carbons (Fsp3) is 0.706. The highest BCUT2D eigenvalue weighted by Gasteiger charge is 2.29. The van der Waals surface area contributed by atoms with Gasteiger partial charge < -0.3 is 9.80 Å². The number of piperazine rings is 1. The van der Waals surface area contributed by atoms with E-state index >= 15 is 0 Å². The van der Waals surface area contributed by atoms with Gasteiger partial charge in [0, 0.05) is 52.4 Å². The molecule has 0 aromatic carbocycles. The highest BCUT2D eigenvalue weighted by molar-refractivity contribution is 5.81. The van der Waals surface area contributed by atoms with Crippen molar-refractivity contribution in [2.24, 2.45) is 7.05 Å². The summed E-state index contributed by atoms with van der Waals surface area (Å²) in [4.78, 5) is 45.1. The smallest absolute Gasteiger partial charge is 0.329 e. The van der Waals surface area contributed by atoms with Crippen molar-refractivity contribution in [1.82, 2.24) is 19.4 Å². The summed E-state index contributed by atoms with van der Waals surface area (Å²) in [5, 5.41) is 0. The molecular weight excluding hydrogens is 322 g/mol. The molecule has 0 aliphatic carbocycles. The number of aromatic nitrogens is 2. The van der Waals surface area contributed by atoms with Crippen LogP contribution in [0.3, 0.4) is 0 Å². The van der Waals surface area contributed by atoms with Gasteiger partial charge in [-0.05, 0) is 26.2 Å². The van der Waals surface area contributed by atoms with Gasteiger partial charge in [0.15, 0.2) is 0 Å². The van der Waals surface area contributed by atoms with Gasteiger partial charge in [0.25, 0.3) is 5.56 Å². The van der Waals surface area contributed by atoms with E-state index in [0.717, 1.165) is 43.6 Å². The van der Waals surface area contributed by atoms with Crippen LogP contribution in [0.25, 0.3) is 0 Å². The Bertz CT molecular complexity index is 695. The van der Waals surface area contributed by atoms with Crippen molar-refractivity contribution in [2.75, 3.05) is 44.2 Å². The molecule has 25 heavy (non-hydrogen) atoms. The standard InChI is InChI=1S/C17H27N5O3/c1-13(16(24)22-6-4-3-5-7-22)20-8-10-21(11-9-20)14-12-15(23)19(2)17(25)18-14/h12-13H,3-11H2,1-2H3,(H,18,25). The second-order valence-electron chi connectivity index (χ2n) is 6.94. The number of carbonyl (C=O) groups is 1. The predicted molar refractivity (Wildman–Crippen MR) is 96.0 cm³/mol. The third kappa shape index (κ3) is 3.78. The molecular formula is C17H27N5O3. The number of likely N-dealkylation sites (tertiary alicyclic amines) is 1. The van der Waals surface area contributed by atoms with Crippen LogP contribution in [0.15, 0.2) is 15.7 Å². The molecule has 3 heterocycles. The first-order valence-electron chi connectivity index (χ1n) is 9.05. The summed E-state index contributed by atoms with van der Waals surface area (Å²) in [5.41, 5.74) is -0.714. The van der Waals surface area contributed by atoms with E-state index in [1.165, 1.54) is 19.5 Å². The van der Waals surface area contributed by atoms with Gasteiger partial charge >= 0.3 is 5.69 Å². The molecule has 0 saturated carbocycles. The third-order valence-electron chi connectivity index (χ3n) is 5.36. The number of aromatic amines is 1. The number of anilines is 1. The minimum absolute atomic E-state index is 0.122. The molecule has 8 nitrogen and oxygen atoms in total. The number of H-pyrrole nitrogens is 1. The summed E-state index contributed by atoms with van der Waals surface area (Å²) < 4.78 is 1.05.